The Labute approximate surface area is 153 Å². The van der Waals surface area contributed by atoms with Crippen LogP contribution in [0.15, 0.2) is 58.0 Å². The molecule has 2 heterocycles. The first-order chi connectivity index (χ1) is 12.5. The summed E-state index contributed by atoms with van der Waals surface area (Å²) >= 11 is 1.25. The van der Waals surface area contributed by atoms with Crippen LogP contribution in [0.1, 0.15) is 23.3 Å². The molecule has 3 aromatic rings. The number of thiophene rings is 1. The third-order valence-electron chi connectivity index (χ3n) is 3.83. The number of nitrogens with one attached hydrogen (secondary N) is 1. The molecule has 26 heavy (non-hydrogen) atoms. The molecule has 0 spiro atoms. The highest BCUT2D eigenvalue weighted by atomic mass is 32.1. The van der Waals surface area contributed by atoms with Crippen LogP contribution in [0.25, 0.3) is 11.3 Å². The van der Waals surface area contributed by atoms with E-state index in [0.717, 1.165) is 10.2 Å². The standard InChI is InChI=1S/C18H16N4O3S/c1-11(18(25)20-15-10-26-9-13(15)17(19)24)22-16(23)8-7-14(21-22)12-5-3-2-4-6-12/h2-11H,1H3,(H2,19,24)(H,20,25). The minimum absolute atomic E-state index is 0.230. The first kappa shape index (κ1) is 17.6. The van der Waals surface area contributed by atoms with E-state index < -0.39 is 23.4 Å². The Bertz CT molecular complexity index is 1010. The molecule has 0 fully saturated rings. The normalized spacial score (nSPS) is 11.7. The van der Waals surface area contributed by atoms with Gasteiger partial charge in [0, 0.05) is 22.4 Å². The van der Waals surface area contributed by atoms with Gasteiger partial charge in [-0.15, -0.1) is 11.3 Å². The van der Waals surface area contributed by atoms with Crippen molar-refractivity contribution in [1.82, 2.24) is 9.78 Å². The molecule has 2 amide bonds. The van der Waals surface area contributed by atoms with E-state index in [1.165, 1.54) is 17.4 Å². The van der Waals surface area contributed by atoms with Gasteiger partial charge in [-0.05, 0) is 13.0 Å². The van der Waals surface area contributed by atoms with Crippen LogP contribution in [0.5, 0.6) is 0 Å². The SMILES string of the molecule is CC(C(=O)Nc1cscc1C(N)=O)n1nc(-c2ccccc2)ccc1=O. The van der Waals surface area contributed by atoms with Gasteiger partial charge >= 0.3 is 0 Å². The fourth-order valence-electron chi connectivity index (χ4n) is 2.40. The first-order valence-electron chi connectivity index (χ1n) is 7.79. The topological polar surface area (TPSA) is 107 Å². The van der Waals surface area contributed by atoms with Crippen LogP contribution in [0.3, 0.4) is 0 Å². The molecule has 0 radical (unpaired) electrons. The van der Waals surface area contributed by atoms with Crippen molar-refractivity contribution in [3.05, 3.63) is 69.1 Å². The fourth-order valence-corrected chi connectivity index (χ4v) is 3.17. The average Bonchev–Trinajstić information content (AvgIpc) is 3.10. The second kappa shape index (κ2) is 7.32. The lowest BCUT2D eigenvalue weighted by molar-refractivity contribution is -0.119. The number of anilines is 1. The lowest BCUT2D eigenvalue weighted by Crippen LogP contribution is -2.33. The average molecular weight is 368 g/mol. The van der Waals surface area contributed by atoms with E-state index in [0.29, 0.717) is 11.4 Å². The van der Waals surface area contributed by atoms with E-state index in [1.807, 2.05) is 30.3 Å². The fraction of sp³-hybridized carbons (Fsp3) is 0.111. The Morgan fingerprint density at radius 2 is 1.88 bits per heavy atom. The van der Waals surface area contributed by atoms with Crippen molar-refractivity contribution in [1.29, 1.82) is 0 Å². The Morgan fingerprint density at radius 1 is 1.15 bits per heavy atom. The van der Waals surface area contributed by atoms with E-state index in [1.54, 1.807) is 23.8 Å². The van der Waals surface area contributed by atoms with Crippen LogP contribution in [-0.4, -0.2) is 21.6 Å². The van der Waals surface area contributed by atoms with E-state index in [-0.39, 0.29) is 5.56 Å². The molecule has 7 nitrogen and oxygen atoms in total. The number of primary amides is 1. The number of hydrogen-bond donors (Lipinski definition) is 2. The van der Waals surface area contributed by atoms with Gasteiger partial charge in [-0.3, -0.25) is 14.4 Å². The summed E-state index contributed by atoms with van der Waals surface area (Å²) < 4.78 is 1.12. The van der Waals surface area contributed by atoms with Gasteiger partial charge in [-0.2, -0.15) is 5.10 Å². The second-order valence-corrected chi connectivity index (χ2v) is 6.34. The molecule has 3 N–H and O–H groups in total. The molecule has 0 aliphatic rings. The molecule has 0 saturated carbocycles. The van der Waals surface area contributed by atoms with Gasteiger partial charge in [0.1, 0.15) is 6.04 Å². The molecule has 8 heteroatoms. The molecule has 0 bridgehead atoms. The van der Waals surface area contributed by atoms with Gasteiger partial charge in [0.05, 0.1) is 16.9 Å². The molecule has 3 rings (SSSR count). The van der Waals surface area contributed by atoms with Crippen molar-refractivity contribution in [2.45, 2.75) is 13.0 Å². The summed E-state index contributed by atoms with van der Waals surface area (Å²) in [6.45, 7) is 1.56. The third kappa shape index (κ3) is 3.55. The predicted octanol–water partition coefficient (Wildman–Crippen LogP) is 2.27. The van der Waals surface area contributed by atoms with Crippen molar-refractivity contribution in [3.63, 3.8) is 0 Å². The zero-order chi connectivity index (χ0) is 18.7. The Kier molecular flexibility index (Phi) is 4.94. The van der Waals surface area contributed by atoms with E-state index in [2.05, 4.69) is 10.4 Å². The molecular formula is C18H16N4O3S. The number of carbonyl (C=O) groups is 2. The van der Waals surface area contributed by atoms with Crippen molar-refractivity contribution in [3.8, 4) is 11.3 Å². The second-order valence-electron chi connectivity index (χ2n) is 5.60. The largest absolute Gasteiger partial charge is 0.366 e. The van der Waals surface area contributed by atoms with Crippen LogP contribution in [-0.2, 0) is 4.79 Å². The monoisotopic (exact) mass is 368 g/mol. The van der Waals surface area contributed by atoms with Gasteiger partial charge in [-0.1, -0.05) is 30.3 Å². The summed E-state index contributed by atoms with van der Waals surface area (Å²) in [7, 11) is 0. The molecule has 1 atom stereocenters. The number of hydrogen-bond acceptors (Lipinski definition) is 5. The van der Waals surface area contributed by atoms with Crippen LogP contribution in [0, 0.1) is 0 Å². The summed E-state index contributed by atoms with van der Waals surface area (Å²) in [5.41, 5.74) is 6.86. The molecule has 1 unspecified atom stereocenters. The number of amides is 2. The van der Waals surface area contributed by atoms with Gasteiger partial charge < -0.3 is 11.1 Å². The maximum atomic E-state index is 12.5. The maximum Gasteiger partial charge on any atom is 0.267 e. The highest BCUT2D eigenvalue weighted by Crippen LogP contribution is 2.21. The van der Waals surface area contributed by atoms with Gasteiger partial charge in [0.15, 0.2) is 0 Å². The lowest BCUT2D eigenvalue weighted by atomic mass is 10.1. The minimum Gasteiger partial charge on any atom is -0.366 e. The summed E-state index contributed by atoms with van der Waals surface area (Å²) in [6, 6.07) is 11.5. The number of rotatable bonds is 5. The zero-order valence-electron chi connectivity index (χ0n) is 13.9. The van der Waals surface area contributed by atoms with Gasteiger partial charge in [-0.25, -0.2) is 4.68 Å². The number of benzene rings is 1. The smallest absolute Gasteiger partial charge is 0.267 e. The van der Waals surface area contributed by atoms with Crippen molar-refractivity contribution < 1.29 is 9.59 Å². The Morgan fingerprint density at radius 3 is 2.58 bits per heavy atom. The molecule has 132 valence electrons. The number of nitrogens with two attached hydrogens (primary N) is 1. The van der Waals surface area contributed by atoms with Gasteiger partial charge in [0.2, 0.25) is 5.91 Å². The summed E-state index contributed by atoms with van der Waals surface area (Å²) in [4.78, 5) is 36.1. The first-order valence-corrected chi connectivity index (χ1v) is 8.74. The summed E-state index contributed by atoms with van der Waals surface area (Å²) in [5, 5.41) is 10.1. The van der Waals surface area contributed by atoms with E-state index >= 15 is 0 Å². The van der Waals surface area contributed by atoms with Crippen molar-refractivity contribution in [2.75, 3.05) is 5.32 Å². The van der Waals surface area contributed by atoms with E-state index in [4.69, 9.17) is 5.73 Å². The summed E-state index contributed by atoms with van der Waals surface area (Å²) in [5.74, 6) is -1.10. The van der Waals surface area contributed by atoms with Crippen LogP contribution in [0.4, 0.5) is 5.69 Å². The Hall–Kier alpha value is -3.26. The number of carbonyl (C=O) groups excluding carboxylic acids is 2. The lowest BCUT2D eigenvalue weighted by Gasteiger charge is -2.15. The minimum atomic E-state index is -0.869. The maximum absolute atomic E-state index is 12.5. The highest BCUT2D eigenvalue weighted by Gasteiger charge is 2.20. The molecule has 2 aromatic heterocycles. The van der Waals surface area contributed by atoms with Crippen LogP contribution >= 0.6 is 11.3 Å². The molecule has 0 aliphatic carbocycles. The predicted molar refractivity (Wildman–Crippen MR) is 100 cm³/mol. The third-order valence-corrected chi connectivity index (χ3v) is 4.57. The van der Waals surface area contributed by atoms with Crippen molar-refractivity contribution >= 4 is 28.8 Å². The highest BCUT2D eigenvalue weighted by molar-refractivity contribution is 7.08. The van der Waals surface area contributed by atoms with Crippen molar-refractivity contribution in [2.24, 2.45) is 5.73 Å². The Balaban J connectivity index is 1.88. The molecule has 0 aliphatic heterocycles. The van der Waals surface area contributed by atoms with E-state index in [9.17, 15) is 14.4 Å². The quantitative estimate of drug-likeness (QED) is 0.720. The number of nitrogens with zero attached hydrogens (tertiary/aromatic N) is 2. The van der Waals surface area contributed by atoms with Crippen LogP contribution in [0.2, 0.25) is 0 Å². The molecule has 1 aromatic carbocycles. The summed E-state index contributed by atoms with van der Waals surface area (Å²) in [6.07, 6.45) is 0. The van der Waals surface area contributed by atoms with Crippen LogP contribution < -0.4 is 16.6 Å². The number of aromatic nitrogens is 2. The molecule has 0 saturated heterocycles. The van der Waals surface area contributed by atoms with Gasteiger partial charge in [0.25, 0.3) is 11.5 Å². The zero-order valence-corrected chi connectivity index (χ0v) is 14.7. The molecular weight excluding hydrogens is 352 g/mol.